The van der Waals surface area contributed by atoms with Gasteiger partial charge in [-0.25, -0.2) is 8.42 Å². The summed E-state index contributed by atoms with van der Waals surface area (Å²) in [4.78, 5) is 12.4. The molecule has 1 aliphatic rings. The van der Waals surface area contributed by atoms with E-state index in [1.165, 1.54) is 0 Å². The van der Waals surface area contributed by atoms with Gasteiger partial charge in [-0.2, -0.15) is 4.31 Å². The molecule has 0 saturated carbocycles. The number of unbranched alkanes of at least 4 members (excludes halogenated alkanes) is 3. The Kier molecular flexibility index (Phi) is 7.52. The zero-order chi connectivity index (χ0) is 14.1. The van der Waals surface area contributed by atoms with Gasteiger partial charge >= 0.3 is 0 Å². The van der Waals surface area contributed by atoms with Gasteiger partial charge in [-0.05, 0) is 19.4 Å². The van der Waals surface area contributed by atoms with Crippen molar-refractivity contribution in [2.75, 3.05) is 45.0 Å². The Morgan fingerprint density at radius 3 is 2.21 bits per heavy atom. The van der Waals surface area contributed by atoms with Crippen molar-refractivity contribution in [2.45, 2.75) is 25.7 Å². The third-order valence-electron chi connectivity index (χ3n) is 3.41. The average Bonchev–Trinajstić information content (AvgIpc) is 2.39. The zero-order valence-corrected chi connectivity index (χ0v) is 12.3. The molecule has 0 aromatic rings. The first-order valence-electron chi connectivity index (χ1n) is 6.94. The summed E-state index contributed by atoms with van der Waals surface area (Å²) in [5.74, 6) is 0.227. The van der Waals surface area contributed by atoms with Gasteiger partial charge in [-0.3, -0.25) is 4.90 Å². The van der Waals surface area contributed by atoms with E-state index in [2.05, 4.69) is 0 Å². The van der Waals surface area contributed by atoms with Crippen LogP contribution in [0.15, 0.2) is 0 Å². The topological polar surface area (TPSA) is 83.7 Å². The molecular formula is C12H25N3O3S. The van der Waals surface area contributed by atoms with E-state index in [0.29, 0.717) is 45.7 Å². The quantitative estimate of drug-likeness (QED) is 0.464. The smallest absolute Gasteiger partial charge is 0.214 e. The molecule has 0 atom stereocenters. The molecule has 6 nitrogen and oxygen atoms in total. The number of piperazine rings is 1. The van der Waals surface area contributed by atoms with Crippen molar-refractivity contribution in [3.05, 3.63) is 0 Å². The summed E-state index contributed by atoms with van der Waals surface area (Å²) in [6.45, 7) is 3.35. The van der Waals surface area contributed by atoms with Crippen molar-refractivity contribution in [3.8, 4) is 0 Å². The Bertz CT molecular complexity index is 351. The maximum Gasteiger partial charge on any atom is 0.214 e. The number of hydrogen-bond acceptors (Lipinski definition) is 5. The normalized spacial score (nSPS) is 18.6. The first kappa shape index (κ1) is 16.6. The minimum atomic E-state index is -3.12. The molecule has 1 saturated heterocycles. The number of rotatable bonds is 9. The number of nitrogens with two attached hydrogens (primary N) is 1. The Morgan fingerprint density at radius 2 is 1.63 bits per heavy atom. The molecule has 1 fully saturated rings. The van der Waals surface area contributed by atoms with Crippen LogP contribution in [0, 0.1) is 0 Å². The Balaban J connectivity index is 2.28. The molecule has 0 amide bonds. The lowest BCUT2D eigenvalue weighted by molar-refractivity contribution is -0.109. The van der Waals surface area contributed by atoms with Crippen molar-refractivity contribution in [2.24, 2.45) is 5.73 Å². The van der Waals surface area contributed by atoms with Crippen LogP contribution in [-0.4, -0.2) is 68.9 Å². The fraction of sp³-hybridized carbons (Fsp3) is 0.917. The lowest BCUT2D eigenvalue weighted by atomic mass is 10.2. The molecule has 0 bridgehead atoms. The van der Waals surface area contributed by atoms with Crippen LogP contribution < -0.4 is 5.73 Å². The molecule has 0 aliphatic carbocycles. The number of sulfonamides is 1. The molecule has 7 heteroatoms. The van der Waals surface area contributed by atoms with Crippen molar-refractivity contribution < 1.29 is 13.2 Å². The van der Waals surface area contributed by atoms with Gasteiger partial charge in [0.05, 0.1) is 12.3 Å². The third-order valence-corrected chi connectivity index (χ3v) is 5.37. The summed E-state index contributed by atoms with van der Waals surface area (Å²) < 4.78 is 25.7. The maximum absolute atomic E-state index is 12.1. The molecule has 0 radical (unpaired) electrons. The highest BCUT2D eigenvalue weighted by atomic mass is 32.2. The number of carbonyl (C=O) groups excluding carboxylic acids is 1. The van der Waals surface area contributed by atoms with E-state index in [0.717, 1.165) is 25.5 Å². The lowest BCUT2D eigenvalue weighted by Crippen LogP contribution is -2.49. The number of nitrogens with zero attached hydrogens (tertiary/aromatic N) is 2. The van der Waals surface area contributed by atoms with Crippen LogP contribution in [0.2, 0.25) is 0 Å². The molecule has 0 aromatic carbocycles. The molecule has 0 unspecified atom stereocenters. The molecule has 1 heterocycles. The largest absolute Gasteiger partial charge is 0.330 e. The zero-order valence-electron chi connectivity index (χ0n) is 11.5. The fourth-order valence-electron chi connectivity index (χ4n) is 2.21. The summed E-state index contributed by atoms with van der Waals surface area (Å²) in [6, 6.07) is 0. The van der Waals surface area contributed by atoms with Crippen LogP contribution in [0.5, 0.6) is 0 Å². The predicted molar refractivity (Wildman–Crippen MR) is 75.4 cm³/mol. The monoisotopic (exact) mass is 291 g/mol. The standard InChI is InChI=1S/C12H25N3O3S/c13-5-3-1-2-4-12-19(17,18)15-8-6-14(7-9-15)10-11-16/h11H,1-10,12-13H2. The van der Waals surface area contributed by atoms with Gasteiger partial charge in [0.25, 0.3) is 0 Å². The summed E-state index contributed by atoms with van der Waals surface area (Å²) >= 11 is 0. The summed E-state index contributed by atoms with van der Waals surface area (Å²) in [5, 5.41) is 0. The SMILES string of the molecule is NCCCCCCS(=O)(=O)N1CCN(CC=O)CC1. The Hall–Kier alpha value is -0.500. The molecule has 1 rings (SSSR count). The van der Waals surface area contributed by atoms with E-state index >= 15 is 0 Å². The second-order valence-electron chi connectivity index (χ2n) is 4.89. The predicted octanol–water partition coefficient (Wildman–Crippen LogP) is -0.348. The maximum atomic E-state index is 12.1. The van der Waals surface area contributed by atoms with Crippen LogP contribution in [0.25, 0.3) is 0 Å². The van der Waals surface area contributed by atoms with E-state index < -0.39 is 10.0 Å². The summed E-state index contributed by atoms with van der Waals surface area (Å²) in [5.41, 5.74) is 5.40. The van der Waals surface area contributed by atoms with Crippen molar-refractivity contribution >= 4 is 16.3 Å². The molecule has 112 valence electrons. The van der Waals surface area contributed by atoms with E-state index in [4.69, 9.17) is 5.73 Å². The average molecular weight is 291 g/mol. The van der Waals surface area contributed by atoms with Crippen LogP contribution in [0.1, 0.15) is 25.7 Å². The molecule has 2 N–H and O–H groups in total. The number of aldehydes is 1. The summed E-state index contributed by atoms with van der Waals surface area (Å²) in [6.07, 6.45) is 4.45. The second kappa shape index (κ2) is 8.63. The minimum absolute atomic E-state index is 0.227. The van der Waals surface area contributed by atoms with Gasteiger partial charge in [-0.15, -0.1) is 0 Å². The third kappa shape index (κ3) is 5.99. The van der Waals surface area contributed by atoms with Gasteiger partial charge in [0, 0.05) is 26.2 Å². The van der Waals surface area contributed by atoms with E-state index in [1.54, 1.807) is 4.31 Å². The highest BCUT2D eigenvalue weighted by Gasteiger charge is 2.25. The molecule has 0 spiro atoms. The molecular weight excluding hydrogens is 266 g/mol. The van der Waals surface area contributed by atoms with Gasteiger partial charge in [-0.1, -0.05) is 12.8 Å². The van der Waals surface area contributed by atoms with Crippen LogP contribution in [0.4, 0.5) is 0 Å². The van der Waals surface area contributed by atoms with Gasteiger partial charge in [0.2, 0.25) is 10.0 Å². The highest BCUT2D eigenvalue weighted by molar-refractivity contribution is 7.89. The van der Waals surface area contributed by atoms with Crippen molar-refractivity contribution in [1.82, 2.24) is 9.21 Å². The molecule has 19 heavy (non-hydrogen) atoms. The van der Waals surface area contributed by atoms with Crippen molar-refractivity contribution in [3.63, 3.8) is 0 Å². The Labute approximate surface area is 116 Å². The van der Waals surface area contributed by atoms with Crippen LogP contribution in [-0.2, 0) is 14.8 Å². The lowest BCUT2D eigenvalue weighted by Gasteiger charge is -2.32. The summed E-state index contributed by atoms with van der Waals surface area (Å²) in [7, 11) is -3.12. The van der Waals surface area contributed by atoms with Gasteiger partial charge in [0.1, 0.15) is 6.29 Å². The van der Waals surface area contributed by atoms with Crippen LogP contribution >= 0.6 is 0 Å². The van der Waals surface area contributed by atoms with E-state index in [9.17, 15) is 13.2 Å². The minimum Gasteiger partial charge on any atom is -0.330 e. The first-order chi connectivity index (χ1) is 9.10. The first-order valence-corrected chi connectivity index (χ1v) is 8.55. The van der Waals surface area contributed by atoms with Gasteiger partial charge < -0.3 is 10.5 Å². The van der Waals surface area contributed by atoms with E-state index in [-0.39, 0.29) is 5.75 Å². The second-order valence-corrected chi connectivity index (χ2v) is 6.97. The highest BCUT2D eigenvalue weighted by Crippen LogP contribution is 2.10. The van der Waals surface area contributed by atoms with Crippen LogP contribution in [0.3, 0.4) is 0 Å². The number of carbonyl (C=O) groups is 1. The fourth-order valence-corrected chi connectivity index (χ4v) is 3.75. The number of hydrogen-bond donors (Lipinski definition) is 1. The molecule has 1 aliphatic heterocycles. The van der Waals surface area contributed by atoms with E-state index in [1.807, 2.05) is 4.90 Å². The van der Waals surface area contributed by atoms with Gasteiger partial charge in [0.15, 0.2) is 0 Å². The van der Waals surface area contributed by atoms with Crippen molar-refractivity contribution in [1.29, 1.82) is 0 Å². The molecule has 0 aromatic heterocycles. The Morgan fingerprint density at radius 1 is 1.00 bits per heavy atom.